The molecule has 4 aromatic rings. The molecule has 0 aliphatic heterocycles. The number of rotatable bonds is 8. The van der Waals surface area contributed by atoms with Crippen LogP contribution in [0.1, 0.15) is 30.7 Å². The number of phenols is 1. The normalized spacial score (nSPS) is 11.2. The minimum Gasteiger partial charge on any atom is -0.506 e. The first-order valence-corrected chi connectivity index (χ1v) is 10.8. The van der Waals surface area contributed by atoms with Crippen LogP contribution in [0, 0.1) is 0 Å². The van der Waals surface area contributed by atoms with E-state index in [9.17, 15) is 9.90 Å². The van der Waals surface area contributed by atoms with Crippen LogP contribution in [0.5, 0.6) is 5.75 Å². The Morgan fingerprint density at radius 3 is 2.77 bits per heavy atom. The van der Waals surface area contributed by atoms with E-state index in [2.05, 4.69) is 17.4 Å². The molecule has 4 rings (SSSR count). The highest BCUT2D eigenvalue weighted by Crippen LogP contribution is 2.36. The summed E-state index contributed by atoms with van der Waals surface area (Å²) in [6, 6.07) is 13.2. The molecule has 8 heteroatoms. The maximum atomic E-state index is 10.7. The van der Waals surface area contributed by atoms with Crippen LogP contribution in [0.4, 0.5) is 5.82 Å². The molecule has 30 heavy (non-hydrogen) atoms. The lowest BCUT2D eigenvalue weighted by Gasteiger charge is -2.10. The van der Waals surface area contributed by atoms with E-state index in [-0.39, 0.29) is 12.2 Å². The molecule has 0 aliphatic rings. The van der Waals surface area contributed by atoms with E-state index in [0.717, 1.165) is 38.1 Å². The van der Waals surface area contributed by atoms with Crippen LogP contribution in [0.2, 0.25) is 5.02 Å². The van der Waals surface area contributed by atoms with Crippen molar-refractivity contribution in [3.05, 3.63) is 58.9 Å². The zero-order chi connectivity index (χ0) is 21.1. The first kappa shape index (κ1) is 20.4. The molecule has 0 radical (unpaired) electrons. The van der Waals surface area contributed by atoms with Crippen LogP contribution >= 0.6 is 22.9 Å². The second kappa shape index (κ2) is 8.85. The first-order chi connectivity index (χ1) is 14.5. The Morgan fingerprint density at radius 1 is 1.13 bits per heavy atom. The maximum Gasteiger partial charge on any atom is 0.303 e. The summed E-state index contributed by atoms with van der Waals surface area (Å²) in [7, 11) is 0. The van der Waals surface area contributed by atoms with Crippen LogP contribution in [0.15, 0.2) is 42.5 Å². The van der Waals surface area contributed by atoms with E-state index in [1.165, 1.54) is 0 Å². The summed E-state index contributed by atoms with van der Waals surface area (Å²) >= 11 is 7.65. The molecule has 0 aliphatic carbocycles. The van der Waals surface area contributed by atoms with E-state index in [4.69, 9.17) is 26.7 Å². The van der Waals surface area contributed by atoms with Gasteiger partial charge in [0, 0.05) is 29.5 Å². The molecule has 2 heterocycles. The van der Waals surface area contributed by atoms with Crippen molar-refractivity contribution in [3.8, 4) is 5.75 Å². The average Bonchev–Trinajstić information content (AvgIpc) is 3.10. The summed E-state index contributed by atoms with van der Waals surface area (Å²) < 4.78 is 1.14. The molecule has 0 bridgehead atoms. The van der Waals surface area contributed by atoms with Crippen LogP contribution in [-0.2, 0) is 17.8 Å². The number of carbonyl (C=O) groups is 1. The fourth-order valence-electron chi connectivity index (χ4n) is 3.31. The number of benzene rings is 2. The summed E-state index contributed by atoms with van der Waals surface area (Å²) in [6.45, 7) is 0.495. The number of fused-ring (bicyclic) bond motifs is 3. The lowest BCUT2D eigenvalue weighted by atomic mass is 10.1. The molecule has 0 spiro atoms. The maximum absolute atomic E-state index is 10.7. The smallest absolute Gasteiger partial charge is 0.303 e. The largest absolute Gasteiger partial charge is 0.506 e. The van der Waals surface area contributed by atoms with Gasteiger partial charge in [-0.15, -0.1) is 11.3 Å². The fraction of sp³-hybridized carbons (Fsp3) is 0.227. The number of carboxylic acids is 1. The van der Waals surface area contributed by atoms with Crippen molar-refractivity contribution in [1.29, 1.82) is 0 Å². The van der Waals surface area contributed by atoms with Crippen molar-refractivity contribution < 1.29 is 15.0 Å². The number of nitrogens with one attached hydrogen (secondary N) is 1. The van der Waals surface area contributed by atoms with E-state index < -0.39 is 5.97 Å². The van der Waals surface area contributed by atoms with Crippen LogP contribution in [0.25, 0.3) is 20.3 Å². The Morgan fingerprint density at radius 2 is 1.97 bits per heavy atom. The average molecular weight is 442 g/mol. The second-order valence-electron chi connectivity index (χ2n) is 7.01. The van der Waals surface area contributed by atoms with Crippen molar-refractivity contribution in [3.63, 3.8) is 0 Å². The van der Waals surface area contributed by atoms with Gasteiger partial charge in [0.15, 0.2) is 0 Å². The number of aryl methyl sites for hydroxylation is 1. The SMILES string of the molecule is O=C(O)CCCCc1nc(NCc2ccc(O)c(Cl)c2)c2c(n1)sc1ccccc12. The van der Waals surface area contributed by atoms with Gasteiger partial charge >= 0.3 is 5.97 Å². The topological polar surface area (TPSA) is 95.3 Å². The fourth-order valence-corrected chi connectivity index (χ4v) is 4.61. The number of halogens is 1. The lowest BCUT2D eigenvalue weighted by molar-refractivity contribution is -0.137. The third-order valence-electron chi connectivity index (χ3n) is 4.80. The van der Waals surface area contributed by atoms with Gasteiger partial charge in [0.1, 0.15) is 22.2 Å². The van der Waals surface area contributed by atoms with Gasteiger partial charge in [-0.2, -0.15) is 0 Å². The monoisotopic (exact) mass is 441 g/mol. The summed E-state index contributed by atoms with van der Waals surface area (Å²) in [5.41, 5.74) is 0.923. The van der Waals surface area contributed by atoms with E-state index >= 15 is 0 Å². The van der Waals surface area contributed by atoms with E-state index in [1.54, 1.807) is 23.5 Å². The van der Waals surface area contributed by atoms with Crippen molar-refractivity contribution >= 4 is 55.0 Å². The molecule has 0 atom stereocenters. The lowest BCUT2D eigenvalue weighted by Crippen LogP contribution is -2.05. The molecule has 0 unspecified atom stereocenters. The second-order valence-corrected chi connectivity index (χ2v) is 8.44. The van der Waals surface area contributed by atoms with Crippen molar-refractivity contribution in [2.45, 2.75) is 32.2 Å². The molecule has 0 amide bonds. The molecule has 0 fully saturated rings. The van der Waals surface area contributed by atoms with Gasteiger partial charge in [-0.1, -0.05) is 35.9 Å². The highest BCUT2D eigenvalue weighted by molar-refractivity contribution is 7.25. The molecule has 6 nitrogen and oxygen atoms in total. The van der Waals surface area contributed by atoms with Crippen LogP contribution in [-0.4, -0.2) is 26.2 Å². The first-order valence-electron chi connectivity index (χ1n) is 9.62. The summed E-state index contributed by atoms with van der Waals surface area (Å²) in [5, 5.41) is 24.2. The molecule has 0 saturated heterocycles. The van der Waals surface area contributed by atoms with Gasteiger partial charge in [-0.05, 0) is 36.6 Å². The minimum absolute atomic E-state index is 0.0531. The number of hydrogen-bond donors (Lipinski definition) is 3. The van der Waals surface area contributed by atoms with Gasteiger partial charge in [0.25, 0.3) is 0 Å². The predicted molar refractivity (Wildman–Crippen MR) is 121 cm³/mol. The summed E-state index contributed by atoms with van der Waals surface area (Å²) in [5.74, 6) is 0.712. The zero-order valence-corrected chi connectivity index (χ0v) is 17.6. The number of aromatic nitrogens is 2. The number of aliphatic carboxylic acids is 1. The van der Waals surface area contributed by atoms with Gasteiger partial charge in [0.05, 0.1) is 10.4 Å². The van der Waals surface area contributed by atoms with Crippen LogP contribution in [0.3, 0.4) is 0 Å². The quantitative estimate of drug-likeness (QED) is 0.307. The van der Waals surface area contributed by atoms with Gasteiger partial charge in [-0.25, -0.2) is 9.97 Å². The van der Waals surface area contributed by atoms with Crippen molar-refractivity contribution in [2.24, 2.45) is 0 Å². The molecular weight excluding hydrogens is 422 g/mol. The van der Waals surface area contributed by atoms with Crippen molar-refractivity contribution in [2.75, 3.05) is 5.32 Å². The summed E-state index contributed by atoms with van der Waals surface area (Å²) in [4.78, 5) is 21.1. The number of hydrogen-bond acceptors (Lipinski definition) is 6. The third kappa shape index (κ3) is 4.47. The number of phenolic OH excluding ortho intramolecular Hbond substituents is 1. The number of anilines is 1. The van der Waals surface area contributed by atoms with Gasteiger partial charge in [0.2, 0.25) is 0 Å². The van der Waals surface area contributed by atoms with Gasteiger partial charge < -0.3 is 15.5 Å². The zero-order valence-electron chi connectivity index (χ0n) is 16.1. The molecule has 2 aromatic carbocycles. The Hall–Kier alpha value is -2.90. The molecule has 0 saturated carbocycles. The standard InChI is InChI=1S/C22H20ClN3O3S/c23-15-11-13(9-10-16(15)27)12-24-21-20-14-5-1-2-6-17(14)30-22(20)26-18(25-21)7-3-4-8-19(28)29/h1-2,5-6,9-11,27H,3-4,7-8,12H2,(H,28,29)(H,24,25,26). The van der Waals surface area contributed by atoms with Crippen molar-refractivity contribution in [1.82, 2.24) is 9.97 Å². The Labute approximate surface area is 182 Å². The molecular formula is C22H20ClN3O3S. The summed E-state index contributed by atoms with van der Waals surface area (Å²) in [6.07, 6.45) is 2.09. The number of nitrogens with zero attached hydrogens (tertiary/aromatic N) is 2. The molecule has 154 valence electrons. The molecule has 2 aromatic heterocycles. The van der Waals surface area contributed by atoms with E-state index in [1.807, 2.05) is 18.2 Å². The number of carboxylic acid groups (broad SMARTS) is 1. The Kier molecular flexibility index (Phi) is 6.01. The van der Waals surface area contributed by atoms with Gasteiger partial charge in [-0.3, -0.25) is 4.79 Å². The minimum atomic E-state index is -0.786. The Balaban J connectivity index is 1.65. The third-order valence-corrected chi connectivity index (χ3v) is 6.17. The highest BCUT2D eigenvalue weighted by Gasteiger charge is 2.14. The highest BCUT2D eigenvalue weighted by atomic mass is 35.5. The number of aromatic hydroxyl groups is 1. The van der Waals surface area contributed by atoms with Crippen LogP contribution < -0.4 is 5.32 Å². The predicted octanol–water partition coefficient (Wildman–Crippen LogP) is 5.61. The number of unbranched alkanes of at least 4 members (excludes halogenated alkanes) is 1. The molecule has 3 N–H and O–H groups in total. The van der Waals surface area contributed by atoms with E-state index in [0.29, 0.717) is 30.2 Å². The Bertz CT molecular complexity index is 1230. The number of thiophene rings is 1.